The van der Waals surface area contributed by atoms with Crippen molar-refractivity contribution in [3.05, 3.63) is 87.2 Å². The molecule has 0 bridgehead atoms. The molecule has 204 valence electrons. The van der Waals surface area contributed by atoms with Crippen LogP contribution in [0.25, 0.3) is 10.9 Å². The standard InChI is InChI=1S/C32H38N4O3/c1-20-10-11-25(19-33-20)35-16-14-24(15-17-35)22(3)36-23(4)31(26-8-6-7-9-28(26)36)29(37)13-12-27-30(39-5)18-21(2)34-32(27)38/h6-11,18-19,22,24H,12-17H2,1-5H3,(H,34,38)/t22-/m1/s1. The zero-order valence-corrected chi connectivity index (χ0v) is 23.6. The summed E-state index contributed by atoms with van der Waals surface area (Å²) in [6.45, 7) is 10.2. The van der Waals surface area contributed by atoms with Gasteiger partial charge in [0.05, 0.1) is 24.6 Å². The van der Waals surface area contributed by atoms with E-state index < -0.39 is 0 Å². The lowest BCUT2D eigenvalue weighted by molar-refractivity contribution is 0.0983. The Balaban J connectivity index is 1.37. The van der Waals surface area contributed by atoms with Gasteiger partial charge in [-0.25, -0.2) is 0 Å². The van der Waals surface area contributed by atoms with E-state index in [1.807, 2.05) is 38.2 Å². The first-order chi connectivity index (χ1) is 18.8. The van der Waals surface area contributed by atoms with Gasteiger partial charge >= 0.3 is 0 Å². The van der Waals surface area contributed by atoms with Crippen LogP contribution in [0.15, 0.2) is 53.5 Å². The fourth-order valence-corrected chi connectivity index (χ4v) is 6.23. The minimum atomic E-state index is -0.194. The molecule has 0 amide bonds. The third-order valence-electron chi connectivity index (χ3n) is 8.38. The summed E-state index contributed by atoms with van der Waals surface area (Å²) in [4.78, 5) is 36.0. The second-order valence-corrected chi connectivity index (χ2v) is 10.8. The van der Waals surface area contributed by atoms with E-state index in [9.17, 15) is 9.59 Å². The first-order valence-electron chi connectivity index (χ1n) is 13.9. The molecule has 5 rings (SSSR count). The minimum Gasteiger partial charge on any atom is -0.496 e. The maximum atomic E-state index is 13.7. The van der Waals surface area contributed by atoms with E-state index in [2.05, 4.69) is 51.5 Å². The minimum absolute atomic E-state index is 0.0540. The van der Waals surface area contributed by atoms with E-state index >= 15 is 0 Å². The van der Waals surface area contributed by atoms with Gasteiger partial charge in [0.25, 0.3) is 5.56 Å². The molecule has 1 aromatic carbocycles. The number of ether oxygens (including phenoxy) is 1. The van der Waals surface area contributed by atoms with Crippen LogP contribution in [-0.2, 0) is 6.42 Å². The molecular weight excluding hydrogens is 488 g/mol. The van der Waals surface area contributed by atoms with E-state index in [1.165, 1.54) is 5.69 Å². The summed E-state index contributed by atoms with van der Waals surface area (Å²) < 4.78 is 7.81. The van der Waals surface area contributed by atoms with Crippen LogP contribution in [0.2, 0.25) is 0 Å². The van der Waals surface area contributed by atoms with Crippen molar-refractivity contribution < 1.29 is 9.53 Å². The Morgan fingerprint density at radius 1 is 1.13 bits per heavy atom. The molecule has 1 aliphatic heterocycles. The Labute approximate surface area is 229 Å². The molecule has 7 nitrogen and oxygen atoms in total. The van der Waals surface area contributed by atoms with E-state index in [1.54, 1.807) is 13.2 Å². The molecule has 0 unspecified atom stereocenters. The van der Waals surface area contributed by atoms with E-state index in [4.69, 9.17) is 4.74 Å². The van der Waals surface area contributed by atoms with Gasteiger partial charge in [-0.15, -0.1) is 0 Å². The zero-order valence-electron chi connectivity index (χ0n) is 23.6. The number of hydrogen-bond donors (Lipinski definition) is 1. The highest BCUT2D eigenvalue weighted by molar-refractivity contribution is 6.09. The Kier molecular flexibility index (Phi) is 7.60. The lowest BCUT2D eigenvalue weighted by Crippen LogP contribution is -2.36. The van der Waals surface area contributed by atoms with Gasteiger partial charge in [0.15, 0.2) is 5.78 Å². The first-order valence-corrected chi connectivity index (χ1v) is 13.9. The largest absolute Gasteiger partial charge is 0.496 e. The molecule has 0 spiro atoms. The van der Waals surface area contributed by atoms with E-state index in [0.717, 1.165) is 59.5 Å². The van der Waals surface area contributed by atoms with Crippen LogP contribution in [0.3, 0.4) is 0 Å². The molecule has 7 heteroatoms. The van der Waals surface area contributed by atoms with Gasteiger partial charge < -0.3 is 19.2 Å². The fourth-order valence-electron chi connectivity index (χ4n) is 6.23. The summed E-state index contributed by atoms with van der Waals surface area (Å²) in [5, 5.41) is 0.986. The highest BCUT2D eigenvalue weighted by Crippen LogP contribution is 2.37. The Hall–Kier alpha value is -3.87. The van der Waals surface area contributed by atoms with Gasteiger partial charge in [-0.3, -0.25) is 14.6 Å². The number of Topliss-reactive ketones (excluding diaryl/α,β-unsaturated/α-hetero) is 1. The summed E-state index contributed by atoms with van der Waals surface area (Å²) >= 11 is 0. The number of carbonyl (C=O) groups is 1. The maximum absolute atomic E-state index is 13.7. The van der Waals surface area contributed by atoms with E-state index in [0.29, 0.717) is 23.7 Å². The number of benzene rings is 1. The quantitative estimate of drug-likeness (QED) is 0.287. The number of aryl methyl sites for hydroxylation is 2. The number of nitrogens with one attached hydrogen (secondary N) is 1. The third kappa shape index (κ3) is 5.22. The first kappa shape index (κ1) is 26.7. The van der Waals surface area contributed by atoms with Gasteiger partial charge in [-0.05, 0) is 77.1 Å². The maximum Gasteiger partial charge on any atom is 0.255 e. The SMILES string of the molecule is COc1cc(C)[nH]c(=O)c1CCC(=O)c1c(C)n([C@H](C)C2CCN(c3ccc(C)nc3)CC2)c2ccccc12. The number of ketones is 1. The number of anilines is 1. The molecule has 1 atom stereocenters. The Bertz CT molecular complexity index is 1540. The number of carbonyl (C=O) groups excluding carboxylic acids is 1. The van der Waals surface area contributed by atoms with Gasteiger partial charge in [0, 0.05) is 59.1 Å². The highest BCUT2D eigenvalue weighted by atomic mass is 16.5. The van der Waals surface area contributed by atoms with Gasteiger partial charge in [-0.2, -0.15) is 0 Å². The number of H-pyrrole nitrogens is 1. The molecule has 0 radical (unpaired) electrons. The number of aromatic amines is 1. The molecule has 1 fully saturated rings. The third-order valence-corrected chi connectivity index (χ3v) is 8.38. The molecule has 39 heavy (non-hydrogen) atoms. The van der Waals surface area contributed by atoms with Crippen LogP contribution in [-0.4, -0.2) is 40.5 Å². The normalized spacial score (nSPS) is 15.1. The second kappa shape index (κ2) is 11.1. The number of nitrogens with zero attached hydrogens (tertiary/aromatic N) is 3. The van der Waals surface area contributed by atoms with Gasteiger partial charge in [0.1, 0.15) is 5.75 Å². The molecule has 1 N–H and O–H groups in total. The van der Waals surface area contributed by atoms with Crippen LogP contribution in [0.1, 0.15) is 65.2 Å². The van der Waals surface area contributed by atoms with Gasteiger partial charge in [0.2, 0.25) is 0 Å². The zero-order chi connectivity index (χ0) is 27.7. The number of rotatable bonds is 8. The predicted molar refractivity (Wildman–Crippen MR) is 156 cm³/mol. The van der Waals surface area contributed by atoms with Crippen molar-refractivity contribution in [2.24, 2.45) is 5.92 Å². The van der Waals surface area contributed by atoms with Crippen molar-refractivity contribution in [3.8, 4) is 5.75 Å². The monoisotopic (exact) mass is 526 g/mol. The van der Waals surface area contributed by atoms with Crippen LogP contribution < -0.4 is 15.2 Å². The molecule has 1 aliphatic rings. The summed E-state index contributed by atoms with van der Waals surface area (Å²) in [7, 11) is 1.56. The number of fused-ring (bicyclic) bond motifs is 1. The van der Waals surface area contributed by atoms with Crippen molar-refractivity contribution >= 4 is 22.4 Å². The van der Waals surface area contributed by atoms with Crippen molar-refractivity contribution in [1.82, 2.24) is 14.5 Å². The molecule has 4 heterocycles. The number of pyridine rings is 2. The Morgan fingerprint density at radius 2 is 1.87 bits per heavy atom. The van der Waals surface area contributed by atoms with Crippen LogP contribution >= 0.6 is 0 Å². The molecule has 4 aromatic rings. The number of methoxy groups -OCH3 is 1. The van der Waals surface area contributed by atoms with Crippen molar-refractivity contribution in [2.45, 2.75) is 59.4 Å². The lowest BCUT2D eigenvalue weighted by atomic mass is 9.89. The number of hydrogen-bond acceptors (Lipinski definition) is 5. The topological polar surface area (TPSA) is 80.2 Å². The Morgan fingerprint density at radius 3 is 2.56 bits per heavy atom. The average Bonchev–Trinajstić information content (AvgIpc) is 3.23. The molecular formula is C32H38N4O3. The molecule has 3 aromatic heterocycles. The van der Waals surface area contributed by atoms with Crippen LogP contribution in [0.5, 0.6) is 5.75 Å². The summed E-state index contributed by atoms with van der Waals surface area (Å²) in [6, 6.07) is 14.5. The number of piperidine rings is 1. The molecule has 0 saturated carbocycles. The summed E-state index contributed by atoms with van der Waals surface area (Å²) in [5.74, 6) is 1.09. The fraction of sp³-hybridized carbons (Fsp3) is 0.406. The number of para-hydroxylation sites is 1. The van der Waals surface area contributed by atoms with Gasteiger partial charge in [-0.1, -0.05) is 18.2 Å². The lowest BCUT2D eigenvalue weighted by Gasteiger charge is -2.37. The molecule has 0 aliphatic carbocycles. The predicted octanol–water partition coefficient (Wildman–Crippen LogP) is 5.95. The summed E-state index contributed by atoms with van der Waals surface area (Å²) in [6.07, 6.45) is 4.72. The smallest absolute Gasteiger partial charge is 0.255 e. The average molecular weight is 527 g/mol. The van der Waals surface area contributed by atoms with Crippen molar-refractivity contribution in [3.63, 3.8) is 0 Å². The van der Waals surface area contributed by atoms with Crippen molar-refractivity contribution in [1.29, 1.82) is 0 Å². The van der Waals surface area contributed by atoms with Crippen LogP contribution in [0, 0.1) is 26.7 Å². The molecule has 1 saturated heterocycles. The number of aromatic nitrogens is 3. The van der Waals surface area contributed by atoms with Crippen molar-refractivity contribution in [2.75, 3.05) is 25.1 Å². The second-order valence-electron chi connectivity index (χ2n) is 10.8. The summed E-state index contributed by atoms with van der Waals surface area (Å²) in [5.41, 5.74) is 6.15. The highest BCUT2D eigenvalue weighted by Gasteiger charge is 2.29. The van der Waals surface area contributed by atoms with Crippen LogP contribution in [0.4, 0.5) is 5.69 Å². The van der Waals surface area contributed by atoms with E-state index in [-0.39, 0.29) is 23.8 Å².